The minimum atomic E-state index is -3.91. The van der Waals surface area contributed by atoms with E-state index >= 15 is 0 Å². The van der Waals surface area contributed by atoms with Crippen LogP contribution in [-0.2, 0) is 10.0 Å². The lowest BCUT2D eigenvalue weighted by molar-refractivity contribution is 0.0697. The Kier molecular flexibility index (Phi) is 3.79. The molecule has 1 atom stereocenters. The number of aromatic carboxylic acids is 1. The predicted octanol–water partition coefficient (Wildman–Crippen LogP) is 2.77. The van der Waals surface area contributed by atoms with Gasteiger partial charge in [-0.3, -0.25) is 0 Å². The van der Waals surface area contributed by atoms with E-state index in [0.29, 0.717) is 0 Å². The Bertz CT molecular complexity index is 685. The average molecular weight is 338 g/mol. The number of rotatable bonds is 4. The quantitative estimate of drug-likeness (QED) is 0.884. The molecule has 5 nitrogen and oxygen atoms in total. The maximum atomic E-state index is 12.3. The van der Waals surface area contributed by atoms with Crippen molar-refractivity contribution in [2.75, 3.05) is 0 Å². The molecule has 1 aliphatic rings. The lowest BCUT2D eigenvalue weighted by atomic mass is 10.2. The molecule has 0 saturated heterocycles. The summed E-state index contributed by atoms with van der Waals surface area (Å²) in [5.74, 6) is -1.33. The molecule has 8 heteroatoms. The van der Waals surface area contributed by atoms with E-state index in [9.17, 15) is 13.2 Å². The van der Waals surface area contributed by atoms with Crippen molar-refractivity contribution in [3.8, 4) is 0 Å². The van der Waals surface area contributed by atoms with E-state index < -0.39 is 16.0 Å². The zero-order chi connectivity index (χ0) is 15.3. The second-order valence-electron chi connectivity index (χ2n) is 5.44. The van der Waals surface area contributed by atoms with Crippen LogP contribution in [0.2, 0.25) is 10.0 Å². The van der Waals surface area contributed by atoms with Crippen molar-refractivity contribution < 1.29 is 18.3 Å². The molecule has 1 aromatic carbocycles. The highest BCUT2D eigenvalue weighted by molar-refractivity contribution is 7.89. The monoisotopic (exact) mass is 337 g/mol. The summed E-state index contributed by atoms with van der Waals surface area (Å²) in [5.41, 5.74) is -0.442. The standard InChI is InChI=1S/C12H13Cl2NO4S/c1-12(2)5-9(12)15-20(18,19)8-4-6(13)3-7(10(8)14)11(16)17/h3-4,9,15H,5H2,1-2H3,(H,16,17). The smallest absolute Gasteiger partial charge is 0.337 e. The molecule has 0 aromatic heterocycles. The molecule has 2 N–H and O–H groups in total. The first-order valence-corrected chi connectivity index (χ1v) is 8.03. The van der Waals surface area contributed by atoms with Crippen LogP contribution in [0.4, 0.5) is 0 Å². The summed E-state index contributed by atoms with van der Waals surface area (Å²) in [6.07, 6.45) is 0.718. The zero-order valence-corrected chi connectivity index (χ0v) is 13.1. The molecule has 1 aromatic rings. The third-order valence-electron chi connectivity index (χ3n) is 3.33. The fourth-order valence-corrected chi connectivity index (χ4v) is 4.14. The van der Waals surface area contributed by atoms with Crippen LogP contribution in [-0.4, -0.2) is 25.5 Å². The normalized spacial score (nSPS) is 20.7. The highest BCUT2D eigenvalue weighted by Crippen LogP contribution is 2.45. The van der Waals surface area contributed by atoms with Gasteiger partial charge in [-0.05, 0) is 24.0 Å². The van der Waals surface area contributed by atoms with Gasteiger partial charge in [-0.15, -0.1) is 0 Å². The molecule has 1 unspecified atom stereocenters. The molecule has 1 fully saturated rings. The Morgan fingerprint density at radius 3 is 2.40 bits per heavy atom. The number of carbonyl (C=O) groups is 1. The number of benzene rings is 1. The summed E-state index contributed by atoms with van der Waals surface area (Å²) in [7, 11) is -3.91. The van der Waals surface area contributed by atoms with Crippen molar-refractivity contribution in [3.05, 3.63) is 27.7 Å². The van der Waals surface area contributed by atoms with Crippen LogP contribution in [0.5, 0.6) is 0 Å². The number of hydrogen-bond donors (Lipinski definition) is 2. The van der Waals surface area contributed by atoms with E-state index in [0.717, 1.165) is 18.6 Å². The Hall–Kier alpha value is -0.820. The third kappa shape index (κ3) is 2.93. The Labute approximate surface area is 126 Å². The number of hydrogen-bond acceptors (Lipinski definition) is 3. The molecule has 0 spiro atoms. The van der Waals surface area contributed by atoms with Gasteiger partial charge in [0, 0.05) is 11.1 Å². The molecule has 0 radical (unpaired) electrons. The first-order valence-electron chi connectivity index (χ1n) is 5.79. The number of nitrogens with one attached hydrogen (secondary N) is 1. The Morgan fingerprint density at radius 1 is 1.40 bits per heavy atom. The molecule has 1 saturated carbocycles. The van der Waals surface area contributed by atoms with Crippen LogP contribution in [0.25, 0.3) is 0 Å². The SMILES string of the molecule is CC1(C)CC1NS(=O)(=O)c1cc(Cl)cc(C(=O)O)c1Cl. The van der Waals surface area contributed by atoms with Gasteiger partial charge < -0.3 is 5.11 Å². The summed E-state index contributed by atoms with van der Waals surface area (Å²) in [6, 6.07) is 2.08. The second kappa shape index (κ2) is 4.87. The van der Waals surface area contributed by atoms with Gasteiger partial charge in [-0.25, -0.2) is 17.9 Å². The van der Waals surface area contributed by atoms with Gasteiger partial charge in [0.2, 0.25) is 10.0 Å². The highest BCUT2D eigenvalue weighted by atomic mass is 35.5. The molecule has 20 heavy (non-hydrogen) atoms. The number of carboxylic acids is 1. The molecule has 0 amide bonds. The van der Waals surface area contributed by atoms with Crippen LogP contribution in [0, 0.1) is 5.41 Å². The van der Waals surface area contributed by atoms with Gasteiger partial charge in [-0.2, -0.15) is 0 Å². The van der Waals surface area contributed by atoms with E-state index in [2.05, 4.69) is 4.72 Å². The topological polar surface area (TPSA) is 83.5 Å². The summed E-state index contributed by atoms with van der Waals surface area (Å²) in [5, 5.41) is 8.66. The van der Waals surface area contributed by atoms with E-state index in [4.69, 9.17) is 28.3 Å². The molecule has 0 bridgehead atoms. The Morgan fingerprint density at radius 2 is 1.95 bits per heavy atom. The fourth-order valence-electron chi connectivity index (χ4n) is 1.83. The minimum absolute atomic E-state index is 0.00207. The maximum Gasteiger partial charge on any atom is 0.337 e. The van der Waals surface area contributed by atoms with E-state index in [-0.39, 0.29) is 32.0 Å². The fraction of sp³-hybridized carbons (Fsp3) is 0.417. The molecule has 1 aliphatic carbocycles. The van der Waals surface area contributed by atoms with Crippen molar-refractivity contribution in [2.45, 2.75) is 31.2 Å². The van der Waals surface area contributed by atoms with Crippen molar-refractivity contribution in [3.63, 3.8) is 0 Å². The molecule has 0 aliphatic heterocycles. The van der Waals surface area contributed by atoms with Crippen LogP contribution >= 0.6 is 23.2 Å². The zero-order valence-electron chi connectivity index (χ0n) is 10.8. The van der Waals surface area contributed by atoms with Crippen LogP contribution < -0.4 is 4.72 Å². The minimum Gasteiger partial charge on any atom is -0.478 e. The summed E-state index contributed by atoms with van der Waals surface area (Å²) in [4.78, 5) is 10.7. The van der Waals surface area contributed by atoms with Gasteiger partial charge >= 0.3 is 5.97 Å². The van der Waals surface area contributed by atoms with Crippen LogP contribution in [0.1, 0.15) is 30.6 Å². The van der Waals surface area contributed by atoms with Crippen molar-refractivity contribution in [1.82, 2.24) is 4.72 Å². The lowest BCUT2D eigenvalue weighted by Crippen LogP contribution is -2.29. The van der Waals surface area contributed by atoms with Crippen LogP contribution in [0.3, 0.4) is 0 Å². The lowest BCUT2D eigenvalue weighted by Gasteiger charge is -2.11. The summed E-state index contributed by atoms with van der Waals surface area (Å²) >= 11 is 11.6. The van der Waals surface area contributed by atoms with Crippen molar-refractivity contribution in [1.29, 1.82) is 0 Å². The molecular weight excluding hydrogens is 325 g/mol. The number of carboxylic acid groups (broad SMARTS) is 1. The molecular formula is C12H13Cl2NO4S. The number of halogens is 2. The average Bonchev–Trinajstić information content (AvgIpc) is 2.87. The molecule has 110 valence electrons. The first kappa shape index (κ1) is 15.6. The van der Waals surface area contributed by atoms with Gasteiger partial charge in [0.1, 0.15) is 4.90 Å². The van der Waals surface area contributed by atoms with Crippen LogP contribution in [0.15, 0.2) is 17.0 Å². The molecule has 2 rings (SSSR count). The summed E-state index contributed by atoms with van der Waals surface area (Å²) < 4.78 is 27.0. The van der Waals surface area contributed by atoms with Gasteiger partial charge in [0.25, 0.3) is 0 Å². The molecule has 0 heterocycles. The van der Waals surface area contributed by atoms with Gasteiger partial charge in [-0.1, -0.05) is 37.0 Å². The summed E-state index contributed by atoms with van der Waals surface area (Å²) in [6.45, 7) is 3.87. The van der Waals surface area contributed by atoms with Gasteiger partial charge in [0.15, 0.2) is 0 Å². The van der Waals surface area contributed by atoms with E-state index in [1.165, 1.54) is 0 Å². The van der Waals surface area contributed by atoms with E-state index in [1.54, 1.807) is 0 Å². The maximum absolute atomic E-state index is 12.3. The first-order chi connectivity index (χ1) is 9.04. The van der Waals surface area contributed by atoms with Crippen molar-refractivity contribution >= 4 is 39.2 Å². The Balaban J connectivity index is 2.44. The second-order valence-corrected chi connectivity index (χ2v) is 7.93. The number of sulfonamides is 1. The highest BCUT2D eigenvalue weighted by Gasteiger charge is 2.48. The van der Waals surface area contributed by atoms with Gasteiger partial charge in [0.05, 0.1) is 10.6 Å². The predicted molar refractivity (Wildman–Crippen MR) is 75.9 cm³/mol. The largest absolute Gasteiger partial charge is 0.478 e. The third-order valence-corrected chi connectivity index (χ3v) is 5.57. The van der Waals surface area contributed by atoms with Crippen molar-refractivity contribution in [2.24, 2.45) is 5.41 Å². The van der Waals surface area contributed by atoms with E-state index in [1.807, 2.05) is 13.8 Å².